The molecule has 0 radical (unpaired) electrons. The lowest BCUT2D eigenvalue weighted by atomic mass is 10.0. The van der Waals surface area contributed by atoms with Crippen molar-refractivity contribution in [1.29, 1.82) is 0 Å². The summed E-state index contributed by atoms with van der Waals surface area (Å²) in [5.41, 5.74) is 4.80. The third-order valence-corrected chi connectivity index (χ3v) is 6.13. The zero-order chi connectivity index (χ0) is 23.2. The van der Waals surface area contributed by atoms with Crippen molar-refractivity contribution in [3.05, 3.63) is 84.3 Å². The summed E-state index contributed by atoms with van der Waals surface area (Å²) < 4.78 is 21.1. The summed E-state index contributed by atoms with van der Waals surface area (Å²) in [5, 5.41) is 4.38. The summed E-state index contributed by atoms with van der Waals surface area (Å²) in [5.74, 6) is 0.508. The average Bonchev–Trinajstić information content (AvgIpc) is 3.22. The van der Waals surface area contributed by atoms with E-state index < -0.39 is 0 Å². The molecule has 1 N–H and O–H groups in total. The molecule has 0 fully saturated rings. The highest BCUT2D eigenvalue weighted by Gasteiger charge is 2.20. The summed E-state index contributed by atoms with van der Waals surface area (Å²) in [6.45, 7) is 3.32. The molecule has 2 aromatic heterocycles. The Morgan fingerprint density at radius 3 is 2.52 bits per heavy atom. The topological polar surface area (TPSA) is 52.0 Å². The number of nitrogens with one attached hydrogen (secondary N) is 1. The van der Waals surface area contributed by atoms with Crippen molar-refractivity contribution in [1.82, 2.24) is 14.5 Å². The fourth-order valence-electron chi connectivity index (χ4n) is 3.78. The third-order valence-electron chi connectivity index (χ3n) is 5.45. The number of methoxy groups -OCH3 is 1. The van der Waals surface area contributed by atoms with Gasteiger partial charge in [-0.1, -0.05) is 42.1 Å². The highest BCUT2D eigenvalue weighted by molar-refractivity contribution is 7.98. The molecular weight excluding hydrogens is 435 g/mol. The number of benzene rings is 2. The maximum atomic E-state index is 13.6. The van der Waals surface area contributed by atoms with Gasteiger partial charge < -0.3 is 14.6 Å². The second kappa shape index (κ2) is 10.6. The second-order valence-corrected chi connectivity index (χ2v) is 8.43. The van der Waals surface area contributed by atoms with Crippen LogP contribution in [0.25, 0.3) is 22.5 Å². The molecule has 0 spiro atoms. The van der Waals surface area contributed by atoms with Crippen molar-refractivity contribution in [3.8, 4) is 22.5 Å². The fourth-order valence-corrected chi connectivity index (χ4v) is 4.37. The minimum absolute atomic E-state index is 0.102. The number of thioether (sulfide) groups is 1. The number of halogens is 1. The monoisotopic (exact) mass is 462 g/mol. The van der Waals surface area contributed by atoms with Gasteiger partial charge in [-0.15, -0.1) is 0 Å². The standard InChI is InChI=1S/C26H27FN4OS/c1-18(19-7-5-4-6-8-19)29-23-17-21(13-14-28-23)25-24(20-9-11-22(27)12-10-20)30-26(33-3)31(25)15-16-32-2/h4-14,17-18H,15-16H2,1-3H3,(H,28,29)/t18-/m0/s1. The van der Waals surface area contributed by atoms with Crippen LogP contribution >= 0.6 is 11.8 Å². The van der Waals surface area contributed by atoms with Gasteiger partial charge in [0.25, 0.3) is 0 Å². The molecule has 0 aliphatic heterocycles. The average molecular weight is 463 g/mol. The van der Waals surface area contributed by atoms with Crippen molar-refractivity contribution < 1.29 is 9.13 Å². The Morgan fingerprint density at radius 2 is 1.82 bits per heavy atom. The maximum Gasteiger partial charge on any atom is 0.168 e. The van der Waals surface area contributed by atoms with Gasteiger partial charge in [0, 0.05) is 37.0 Å². The molecule has 2 aromatic carbocycles. The van der Waals surface area contributed by atoms with Crippen molar-refractivity contribution in [2.75, 3.05) is 25.3 Å². The third kappa shape index (κ3) is 5.26. The lowest BCUT2D eigenvalue weighted by Gasteiger charge is -2.16. The summed E-state index contributed by atoms with van der Waals surface area (Å²) in [7, 11) is 1.69. The second-order valence-electron chi connectivity index (χ2n) is 7.65. The Kier molecular flexibility index (Phi) is 7.42. The lowest BCUT2D eigenvalue weighted by molar-refractivity contribution is 0.185. The largest absolute Gasteiger partial charge is 0.383 e. The fraction of sp³-hybridized carbons (Fsp3) is 0.231. The molecule has 33 heavy (non-hydrogen) atoms. The molecule has 170 valence electrons. The molecule has 0 saturated carbocycles. The molecule has 0 saturated heterocycles. The van der Waals surface area contributed by atoms with Crippen LogP contribution in [0.2, 0.25) is 0 Å². The molecule has 0 bridgehead atoms. The van der Waals surface area contributed by atoms with E-state index in [9.17, 15) is 4.39 Å². The van der Waals surface area contributed by atoms with E-state index in [4.69, 9.17) is 9.72 Å². The van der Waals surface area contributed by atoms with E-state index in [-0.39, 0.29) is 11.9 Å². The Hall–Kier alpha value is -3.16. The first-order chi connectivity index (χ1) is 16.1. The number of imidazole rings is 1. The van der Waals surface area contributed by atoms with Gasteiger partial charge in [0.2, 0.25) is 0 Å². The summed E-state index contributed by atoms with van der Waals surface area (Å²) >= 11 is 1.58. The van der Waals surface area contributed by atoms with Gasteiger partial charge in [0.1, 0.15) is 11.6 Å². The molecule has 1 atom stereocenters. The molecule has 0 aliphatic rings. The molecule has 4 rings (SSSR count). The minimum Gasteiger partial charge on any atom is -0.383 e. The normalized spacial score (nSPS) is 12.0. The minimum atomic E-state index is -0.269. The number of rotatable bonds is 9. The SMILES string of the molecule is COCCn1c(SC)nc(-c2ccc(F)cc2)c1-c1ccnc(N[C@@H](C)c2ccccc2)c1. The van der Waals surface area contributed by atoms with E-state index in [1.54, 1.807) is 37.2 Å². The molecule has 0 aliphatic carbocycles. The molecule has 0 amide bonds. The van der Waals surface area contributed by atoms with Crippen LogP contribution in [0.4, 0.5) is 10.2 Å². The number of ether oxygens (including phenoxy) is 1. The number of nitrogens with zero attached hydrogens (tertiary/aromatic N) is 3. The van der Waals surface area contributed by atoms with Gasteiger partial charge in [0.05, 0.1) is 18.0 Å². The molecule has 2 heterocycles. The first-order valence-corrected chi connectivity index (χ1v) is 12.0. The molecule has 4 aromatic rings. The van der Waals surface area contributed by atoms with Crippen molar-refractivity contribution in [3.63, 3.8) is 0 Å². The Labute approximate surface area is 198 Å². The van der Waals surface area contributed by atoms with E-state index >= 15 is 0 Å². The number of aromatic nitrogens is 3. The predicted octanol–water partition coefficient (Wildman–Crippen LogP) is 6.29. The van der Waals surface area contributed by atoms with E-state index in [0.717, 1.165) is 33.5 Å². The highest BCUT2D eigenvalue weighted by atomic mass is 32.2. The van der Waals surface area contributed by atoms with E-state index in [2.05, 4.69) is 33.9 Å². The van der Waals surface area contributed by atoms with Gasteiger partial charge in [-0.3, -0.25) is 0 Å². The number of anilines is 1. The van der Waals surface area contributed by atoms with Crippen LogP contribution in [0.1, 0.15) is 18.5 Å². The van der Waals surface area contributed by atoms with E-state index in [0.29, 0.717) is 13.2 Å². The Bertz CT molecular complexity index is 1190. The zero-order valence-electron chi connectivity index (χ0n) is 19.0. The summed E-state index contributed by atoms with van der Waals surface area (Å²) in [6.07, 6.45) is 3.81. The maximum absolute atomic E-state index is 13.6. The zero-order valence-corrected chi connectivity index (χ0v) is 19.8. The van der Waals surface area contributed by atoms with E-state index in [1.165, 1.54) is 17.7 Å². The quantitative estimate of drug-likeness (QED) is 0.296. The van der Waals surface area contributed by atoms with Crippen LogP contribution in [0.15, 0.2) is 78.1 Å². The van der Waals surface area contributed by atoms with E-state index in [1.807, 2.05) is 36.6 Å². The van der Waals surface area contributed by atoms with Crippen molar-refractivity contribution in [2.45, 2.75) is 24.7 Å². The summed E-state index contributed by atoms with van der Waals surface area (Å²) in [4.78, 5) is 9.45. The van der Waals surface area contributed by atoms with Gasteiger partial charge in [0.15, 0.2) is 5.16 Å². The Morgan fingerprint density at radius 1 is 1.06 bits per heavy atom. The lowest BCUT2D eigenvalue weighted by Crippen LogP contribution is -2.09. The van der Waals surface area contributed by atoms with Gasteiger partial charge in [-0.2, -0.15) is 0 Å². The van der Waals surface area contributed by atoms with Crippen LogP contribution in [-0.4, -0.2) is 34.5 Å². The first-order valence-electron chi connectivity index (χ1n) is 10.8. The number of hydrogen-bond acceptors (Lipinski definition) is 5. The van der Waals surface area contributed by atoms with Gasteiger partial charge in [-0.25, -0.2) is 14.4 Å². The smallest absolute Gasteiger partial charge is 0.168 e. The molecule has 7 heteroatoms. The Balaban J connectivity index is 1.77. The number of hydrogen-bond donors (Lipinski definition) is 1. The van der Waals surface area contributed by atoms with Crippen LogP contribution in [0, 0.1) is 5.82 Å². The van der Waals surface area contributed by atoms with Crippen molar-refractivity contribution >= 4 is 17.6 Å². The van der Waals surface area contributed by atoms with Crippen molar-refractivity contribution in [2.24, 2.45) is 0 Å². The van der Waals surface area contributed by atoms with Crippen LogP contribution in [0.3, 0.4) is 0 Å². The summed E-state index contributed by atoms with van der Waals surface area (Å²) in [6, 6.07) is 20.9. The van der Waals surface area contributed by atoms with Gasteiger partial charge >= 0.3 is 0 Å². The predicted molar refractivity (Wildman–Crippen MR) is 133 cm³/mol. The van der Waals surface area contributed by atoms with Crippen LogP contribution in [0.5, 0.6) is 0 Å². The van der Waals surface area contributed by atoms with Crippen LogP contribution in [-0.2, 0) is 11.3 Å². The highest BCUT2D eigenvalue weighted by Crippen LogP contribution is 2.36. The molecular formula is C26H27FN4OS. The molecule has 5 nitrogen and oxygen atoms in total. The molecule has 0 unspecified atom stereocenters. The number of pyridine rings is 1. The first kappa shape index (κ1) is 23.0. The van der Waals surface area contributed by atoms with Crippen LogP contribution < -0.4 is 5.32 Å². The van der Waals surface area contributed by atoms with Gasteiger partial charge in [-0.05, 0) is 55.1 Å².